The van der Waals surface area contributed by atoms with E-state index in [1.807, 2.05) is 30.3 Å². The van der Waals surface area contributed by atoms with Crippen LogP contribution in [0.4, 0.5) is 5.69 Å². The number of hydrogen-bond donors (Lipinski definition) is 2. The molecule has 3 rings (SSSR count). The molecule has 1 fully saturated rings. The first-order chi connectivity index (χ1) is 14.4. The van der Waals surface area contributed by atoms with E-state index in [2.05, 4.69) is 15.2 Å². The highest BCUT2D eigenvalue weighted by Gasteiger charge is 2.23. The molecule has 1 aliphatic heterocycles. The van der Waals surface area contributed by atoms with E-state index in [0.29, 0.717) is 24.1 Å². The Morgan fingerprint density at radius 2 is 2.13 bits per heavy atom. The number of piperidine rings is 1. The van der Waals surface area contributed by atoms with E-state index in [9.17, 15) is 14.9 Å². The van der Waals surface area contributed by atoms with Crippen LogP contribution in [0.15, 0.2) is 29.1 Å². The smallest absolute Gasteiger partial charge is 0.266 e. The highest BCUT2D eigenvalue weighted by atomic mass is 16.5. The number of aryl methyl sites for hydroxylation is 1. The summed E-state index contributed by atoms with van der Waals surface area (Å²) < 4.78 is 5.47. The van der Waals surface area contributed by atoms with E-state index < -0.39 is 0 Å². The Morgan fingerprint density at radius 1 is 1.37 bits per heavy atom. The molecule has 0 saturated carbocycles. The fraction of sp³-hybridized carbons (Fsp3) is 0.435. The standard InChI is InChI=1S/C23H28N4O3/c1-15-18(16(2)25-23(29)19(15)13-24)10-11-22(28)26-17-7-6-12-27(14-17)20-8-4-5-9-21(20)30-3/h4-5,8-9,17H,6-7,10-12,14H2,1-3H3,(H,25,29)(H,26,28). The van der Waals surface area contributed by atoms with Gasteiger partial charge in [0.15, 0.2) is 0 Å². The molecule has 1 atom stereocenters. The number of hydrogen-bond acceptors (Lipinski definition) is 5. The summed E-state index contributed by atoms with van der Waals surface area (Å²) in [5.74, 6) is 0.812. The van der Waals surface area contributed by atoms with Crippen molar-refractivity contribution >= 4 is 11.6 Å². The van der Waals surface area contributed by atoms with Crippen LogP contribution in [0.2, 0.25) is 0 Å². The zero-order valence-corrected chi connectivity index (χ0v) is 17.7. The predicted octanol–water partition coefficient (Wildman–Crippen LogP) is 2.59. The molecule has 0 spiro atoms. The molecule has 158 valence electrons. The van der Waals surface area contributed by atoms with E-state index in [-0.39, 0.29) is 23.1 Å². The molecule has 0 aliphatic carbocycles. The number of methoxy groups -OCH3 is 1. The van der Waals surface area contributed by atoms with Crippen LogP contribution in [0.1, 0.15) is 41.6 Å². The van der Waals surface area contributed by atoms with Gasteiger partial charge < -0.3 is 19.9 Å². The lowest BCUT2D eigenvalue weighted by Crippen LogP contribution is -2.48. The van der Waals surface area contributed by atoms with Crippen molar-refractivity contribution in [3.63, 3.8) is 0 Å². The number of pyridine rings is 1. The largest absolute Gasteiger partial charge is 0.495 e. The maximum absolute atomic E-state index is 12.6. The fourth-order valence-electron chi connectivity index (χ4n) is 4.16. The molecule has 2 heterocycles. The Labute approximate surface area is 176 Å². The molecule has 0 radical (unpaired) electrons. The molecule has 1 amide bonds. The number of aromatic amines is 1. The molecule has 7 nitrogen and oxygen atoms in total. The molecule has 1 aromatic heterocycles. The first kappa shape index (κ1) is 21.4. The van der Waals surface area contributed by atoms with Crippen LogP contribution >= 0.6 is 0 Å². The number of amides is 1. The van der Waals surface area contributed by atoms with Gasteiger partial charge >= 0.3 is 0 Å². The number of nitriles is 1. The van der Waals surface area contributed by atoms with Crippen molar-refractivity contribution in [1.29, 1.82) is 5.26 Å². The van der Waals surface area contributed by atoms with Crippen molar-refractivity contribution in [2.75, 3.05) is 25.1 Å². The van der Waals surface area contributed by atoms with Crippen LogP contribution in [-0.2, 0) is 11.2 Å². The topological polar surface area (TPSA) is 98.2 Å². The quantitative estimate of drug-likeness (QED) is 0.766. The van der Waals surface area contributed by atoms with E-state index in [1.54, 1.807) is 21.0 Å². The van der Waals surface area contributed by atoms with Gasteiger partial charge in [-0.3, -0.25) is 9.59 Å². The van der Waals surface area contributed by atoms with Gasteiger partial charge in [-0.05, 0) is 56.4 Å². The normalized spacial score (nSPS) is 16.1. The Kier molecular flexibility index (Phi) is 6.78. The minimum Gasteiger partial charge on any atom is -0.495 e. The zero-order chi connectivity index (χ0) is 21.7. The third kappa shape index (κ3) is 4.65. The molecule has 1 saturated heterocycles. The summed E-state index contributed by atoms with van der Waals surface area (Å²) in [5, 5.41) is 12.3. The number of H-pyrrole nitrogens is 1. The fourth-order valence-corrected chi connectivity index (χ4v) is 4.16. The Hall–Kier alpha value is -3.27. The Bertz CT molecular complexity index is 1020. The van der Waals surface area contributed by atoms with Crippen molar-refractivity contribution < 1.29 is 9.53 Å². The third-order valence-corrected chi connectivity index (χ3v) is 5.73. The molecule has 2 aromatic rings. The summed E-state index contributed by atoms with van der Waals surface area (Å²) in [4.78, 5) is 29.4. The van der Waals surface area contributed by atoms with Gasteiger partial charge in [0.1, 0.15) is 17.4 Å². The van der Waals surface area contributed by atoms with Crippen molar-refractivity contribution in [1.82, 2.24) is 10.3 Å². The number of nitrogens with one attached hydrogen (secondary N) is 2. The van der Waals surface area contributed by atoms with Crippen LogP contribution in [0.25, 0.3) is 0 Å². The summed E-state index contributed by atoms with van der Waals surface area (Å²) in [6.45, 7) is 5.23. The number of carbonyl (C=O) groups is 1. The highest BCUT2D eigenvalue weighted by molar-refractivity contribution is 5.76. The van der Waals surface area contributed by atoms with Crippen molar-refractivity contribution in [2.45, 2.75) is 45.6 Å². The highest BCUT2D eigenvalue weighted by Crippen LogP contribution is 2.29. The summed E-state index contributed by atoms with van der Waals surface area (Å²) >= 11 is 0. The molecular formula is C23H28N4O3. The van der Waals surface area contributed by atoms with Gasteiger partial charge in [-0.25, -0.2) is 0 Å². The molecule has 1 aromatic carbocycles. The summed E-state index contributed by atoms with van der Waals surface area (Å²) in [5.41, 5.74) is 3.02. The van der Waals surface area contributed by atoms with Gasteiger partial charge in [0.05, 0.1) is 12.8 Å². The van der Waals surface area contributed by atoms with Crippen LogP contribution in [0.5, 0.6) is 5.75 Å². The van der Waals surface area contributed by atoms with Crippen molar-refractivity contribution in [3.8, 4) is 11.8 Å². The maximum Gasteiger partial charge on any atom is 0.266 e. The summed E-state index contributed by atoms with van der Waals surface area (Å²) in [7, 11) is 1.67. The molecule has 1 unspecified atom stereocenters. The molecule has 0 bridgehead atoms. The number of nitrogens with zero attached hydrogens (tertiary/aromatic N) is 2. The van der Waals surface area contributed by atoms with Crippen molar-refractivity contribution in [2.24, 2.45) is 0 Å². The van der Waals surface area contributed by atoms with Gasteiger partial charge in [0.2, 0.25) is 5.91 Å². The predicted molar refractivity (Wildman–Crippen MR) is 116 cm³/mol. The van der Waals surface area contributed by atoms with Gasteiger partial charge in [-0.2, -0.15) is 5.26 Å². The average molecular weight is 409 g/mol. The lowest BCUT2D eigenvalue weighted by Gasteiger charge is -2.35. The first-order valence-corrected chi connectivity index (χ1v) is 10.2. The van der Waals surface area contributed by atoms with Gasteiger partial charge in [0.25, 0.3) is 5.56 Å². The number of aromatic nitrogens is 1. The minimum atomic E-state index is -0.376. The van der Waals surface area contributed by atoms with Crippen LogP contribution in [-0.4, -0.2) is 37.1 Å². The SMILES string of the molecule is COc1ccccc1N1CCCC(NC(=O)CCc2c(C)[nH]c(=O)c(C#N)c2C)C1. The van der Waals surface area contributed by atoms with Gasteiger partial charge in [-0.1, -0.05) is 12.1 Å². The molecule has 1 aliphatic rings. The van der Waals surface area contributed by atoms with E-state index >= 15 is 0 Å². The van der Waals surface area contributed by atoms with E-state index in [4.69, 9.17) is 4.74 Å². The molecule has 7 heteroatoms. The Balaban J connectivity index is 1.62. The second-order valence-corrected chi connectivity index (χ2v) is 7.69. The number of benzene rings is 1. The number of rotatable bonds is 6. The minimum absolute atomic E-state index is 0.0228. The van der Waals surface area contributed by atoms with E-state index in [1.165, 1.54) is 0 Å². The lowest BCUT2D eigenvalue weighted by molar-refractivity contribution is -0.121. The second-order valence-electron chi connectivity index (χ2n) is 7.69. The summed E-state index contributed by atoms with van der Waals surface area (Å²) in [6.07, 6.45) is 2.72. The zero-order valence-electron chi connectivity index (χ0n) is 17.7. The number of ether oxygens (including phenoxy) is 1. The average Bonchev–Trinajstić information content (AvgIpc) is 2.73. The second kappa shape index (κ2) is 9.49. The Morgan fingerprint density at radius 3 is 2.87 bits per heavy atom. The van der Waals surface area contributed by atoms with Crippen LogP contribution in [0, 0.1) is 25.2 Å². The molecule has 2 N–H and O–H groups in total. The third-order valence-electron chi connectivity index (χ3n) is 5.73. The van der Waals surface area contributed by atoms with Crippen LogP contribution in [0.3, 0.4) is 0 Å². The number of anilines is 1. The lowest BCUT2D eigenvalue weighted by atomic mass is 9.98. The van der Waals surface area contributed by atoms with Crippen molar-refractivity contribution in [3.05, 3.63) is 57.0 Å². The maximum atomic E-state index is 12.6. The molecule has 30 heavy (non-hydrogen) atoms. The monoisotopic (exact) mass is 408 g/mol. The van der Waals surface area contributed by atoms with Gasteiger partial charge in [0, 0.05) is 31.2 Å². The van der Waals surface area contributed by atoms with Gasteiger partial charge in [-0.15, -0.1) is 0 Å². The summed E-state index contributed by atoms with van der Waals surface area (Å²) in [6, 6.07) is 9.95. The molecular weight excluding hydrogens is 380 g/mol. The van der Waals surface area contributed by atoms with E-state index in [0.717, 1.165) is 42.9 Å². The number of carbonyl (C=O) groups excluding carboxylic acids is 1. The number of para-hydroxylation sites is 2. The first-order valence-electron chi connectivity index (χ1n) is 10.2. The van der Waals surface area contributed by atoms with Crippen LogP contribution < -0.4 is 20.5 Å².